The van der Waals surface area contributed by atoms with Crippen LogP contribution in [-0.2, 0) is 21.4 Å². The van der Waals surface area contributed by atoms with Gasteiger partial charge >= 0.3 is 0 Å². The molecule has 8 heteroatoms. The lowest BCUT2D eigenvalue weighted by atomic mass is 9.97. The number of nitrogens with one attached hydrogen (secondary N) is 1. The topological polar surface area (TPSA) is 79.4 Å². The van der Waals surface area contributed by atoms with Gasteiger partial charge in [0.2, 0.25) is 15.9 Å². The van der Waals surface area contributed by atoms with Crippen molar-refractivity contribution in [3.8, 4) is 0 Å². The van der Waals surface area contributed by atoms with Crippen LogP contribution in [0, 0.1) is 5.92 Å². The monoisotopic (exact) mass is 367 g/mol. The summed E-state index contributed by atoms with van der Waals surface area (Å²) in [6.45, 7) is 2.92. The lowest BCUT2D eigenvalue weighted by molar-refractivity contribution is -0.126. The highest BCUT2D eigenvalue weighted by Crippen LogP contribution is 2.22. The molecule has 130 valence electrons. The summed E-state index contributed by atoms with van der Waals surface area (Å²) >= 11 is 1.58. The average Bonchev–Trinajstić information content (AvgIpc) is 3.02. The molecular weight excluding hydrogens is 346 g/mol. The Balaban J connectivity index is 1.53. The van der Waals surface area contributed by atoms with Gasteiger partial charge in [-0.25, -0.2) is 17.7 Å². The van der Waals surface area contributed by atoms with E-state index in [1.165, 1.54) is 4.31 Å². The van der Waals surface area contributed by atoms with Crippen molar-refractivity contribution in [1.29, 1.82) is 0 Å². The first kappa shape index (κ1) is 17.3. The number of rotatable bonds is 5. The molecule has 1 N–H and O–H groups in total. The van der Waals surface area contributed by atoms with Crippen molar-refractivity contribution in [2.45, 2.75) is 26.3 Å². The van der Waals surface area contributed by atoms with Gasteiger partial charge in [0.15, 0.2) is 0 Å². The minimum absolute atomic E-state index is 0.0113. The van der Waals surface area contributed by atoms with Crippen LogP contribution in [0.5, 0.6) is 0 Å². The number of piperidine rings is 1. The zero-order valence-electron chi connectivity index (χ0n) is 13.6. The van der Waals surface area contributed by atoms with Crippen LogP contribution in [0.25, 0.3) is 10.2 Å². The number of sulfonamides is 1. The Morgan fingerprint density at radius 2 is 2.04 bits per heavy atom. The maximum Gasteiger partial charge on any atom is 0.223 e. The summed E-state index contributed by atoms with van der Waals surface area (Å²) < 4.78 is 26.3. The maximum atomic E-state index is 12.3. The van der Waals surface area contributed by atoms with Gasteiger partial charge in [-0.1, -0.05) is 12.1 Å². The molecule has 24 heavy (non-hydrogen) atoms. The molecule has 1 aliphatic rings. The second-order valence-electron chi connectivity index (χ2n) is 5.87. The molecule has 0 bridgehead atoms. The van der Waals surface area contributed by atoms with Crippen LogP contribution in [0.1, 0.15) is 24.8 Å². The highest BCUT2D eigenvalue weighted by molar-refractivity contribution is 7.89. The van der Waals surface area contributed by atoms with Gasteiger partial charge in [-0.15, -0.1) is 11.3 Å². The third kappa shape index (κ3) is 3.76. The molecule has 0 aliphatic carbocycles. The fourth-order valence-electron chi connectivity index (χ4n) is 2.88. The van der Waals surface area contributed by atoms with Gasteiger partial charge in [0, 0.05) is 19.0 Å². The van der Waals surface area contributed by atoms with E-state index in [0.717, 1.165) is 15.2 Å². The molecule has 0 spiro atoms. The molecule has 1 aromatic carbocycles. The number of fused-ring (bicyclic) bond motifs is 1. The standard InChI is InChI=1S/C16H21N3O3S2/c1-2-24(21,22)19-9-7-12(8-10-19)16(20)17-11-15-18-13-5-3-4-6-14(13)23-15/h3-6,12H,2,7-11H2,1H3,(H,17,20). The largest absolute Gasteiger partial charge is 0.349 e. The zero-order chi connectivity index (χ0) is 17.2. The van der Waals surface area contributed by atoms with Gasteiger partial charge in [-0.05, 0) is 31.9 Å². The van der Waals surface area contributed by atoms with Crippen LogP contribution in [-0.4, -0.2) is 42.5 Å². The lowest BCUT2D eigenvalue weighted by Crippen LogP contribution is -2.43. The van der Waals surface area contributed by atoms with E-state index in [1.807, 2.05) is 24.3 Å². The second kappa shape index (κ2) is 7.16. The molecule has 1 aromatic heterocycles. The molecule has 3 rings (SSSR count). The fraction of sp³-hybridized carbons (Fsp3) is 0.500. The number of aromatic nitrogens is 1. The van der Waals surface area contributed by atoms with Crippen molar-refractivity contribution in [2.24, 2.45) is 5.92 Å². The molecule has 1 saturated heterocycles. The number of hydrogen-bond donors (Lipinski definition) is 1. The summed E-state index contributed by atoms with van der Waals surface area (Å²) in [4.78, 5) is 16.8. The molecule has 2 aromatic rings. The highest BCUT2D eigenvalue weighted by Gasteiger charge is 2.30. The minimum Gasteiger partial charge on any atom is -0.349 e. The summed E-state index contributed by atoms with van der Waals surface area (Å²) in [5, 5.41) is 3.82. The van der Waals surface area contributed by atoms with Crippen LogP contribution >= 0.6 is 11.3 Å². The van der Waals surface area contributed by atoms with Crippen molar-refractivity contribution in [3.63, 3.8) is 0 Å². The summed E-state index contributed by atoms with van der Waals surface area (Å²) in [5.41, 5.74) is 0.949. The second-order valence-corrected chi connectivity index (χ2v) is 9.24. The van der Waals surface area contributed by atoms with Gasteiger partial charge in [-0.3, -0.25) is 4.79 Å². The smallest absolute Gasteiger partial charge is 0.223 e. The van der Waals surface area contributed by atoms with E-state index in [2.05, 4.69) is 10.3 Å². The Hall–Kier alpha value is -1.51. The molecule has 1 amide bonds. The first-order valence-corrected chi connectivity index (χ1v) is 10.5. The number of benzene rings is 1. The molecule has 1 aliphatic heterocycles. The molecule has 1 fully saturated rings. The zero-order valence-corrected chi connectivity index (χ0v) is 15.2. The average molecular weight is 367 g/mol. The van der Waals surface area contributed by atoms with Crippen LogP contribution in [0.3, 0.4) is 0 Å². The Bertz CT molecular complexity index is 791. The first-order valence-electron chi connectivity index (χ1n) is 8.09. The lowest BCUT2D eigenvalue weighted by Gasteiger charge is -2.30. The quantitative estimate of drug-likeness (QED) is 0.876. The van der Waals surface area contributed by atoms with Crippen molar-refractivity contribution < 1.29 is 13.2 Å². The van der Waals surface area contributed by atoms with Gasteiger partial charge in [-0.2, -0.15) is 0 Å². The van der Waals surface area contributed by atoms with Crippen LogP contribution in [0.15, 0.2) is 24.3 Å². The molecule has 0 saturated carbocycles. The van der Waals surface area contributed by atoms with E-state index in [0.29, 0.717) is 32.5 Å². The van der Waals surface area contributed by atoms with E-state index >= 15 is 0 Å². The third-order valence-electron chi connectivity index (χ3n) is 4.33. The van der Waals surface area contributed by atoms with E-state index in [9.17, 15) is 13.2 Å². The summed E-state index contributed by atoms with van der Waals surface area (Å²) in [7, 11) is -3.15. The van der Waals surface area contributed by atoms with E-state index in [1.54, 1.807) is 18.3 Å². The maximum absolute atomic E-state index is 12.3. The first-order chi connectivity index (χ1) is 11.5. The van der Waals surface area contributed by atoms with Crippen molar-refractivity contribution in [1.82, 2.24) is 14.6 Å². The molecule has 0 atom stereocenters. The fourth-order valence-corrected chi connectivity index (χ4v) is 4.92. The molecule has 6 nitrogen and oxygen atoms in total. The summed E-state index contributed by atoms with van der Waals surface area (Å²) in [6, 6.07) is 7.90. The predicted molar refractivity (Wildman–Crippen MR) is 95.2 cm³/mol. The Kier molecular flexibility index (Phi) is 5.17. The van der Waals surface area contributed by atoms with Crippen LogP contribution in [0.4, 0.5) is 0 Å². The Labute approximate surface area is 145 Å². The number of nitrogens with zero attached hydrogens (tertiary/aromatic N) is 2. The number of carbonyl (C=O) groups excluding carboxylic acids is 1. The molecule has 0 radical (unpaired) electrons. The number of para-hydroxylation sites is 1. The number of carbonyl (C=O) groups is 1. The van der Waals surface area contributed by atoms with E-state index in [4.69, 9.17) is 0 Å². The van der Waals surface area contributed by atoms with E-state index in [-0.39, 0.29) is 17.6 Å². The SMILES string of the molecule is CCS(=O)(=O)N1CCC(C(=O)NCc2nc3ccccc3s2)CC1. The number of amides is 1. The predicted octanol–water partition coefficient (Wildman–Crippen LogP) is 1.97. The Morgan fingerprint density at radius 3 is 2.71 bits per heavy atom. The van der Waals surface area contributed by atoms with Crippen molar-refractivity contribution >= 4 is 37.5 Å². The number of thiazole rings is 1. The normalized spacial score (nSPS) is 17.2. The van der Waals surface area contributed by atoms with Crippen molar-refractivity contribution in [2.75, 3.05) is 18.8 Å². The number of hydrogen-bond acceptors (Lipinski definition) is 5. The van der Waals surface area contributed by atoms with Crippen LogP contribution in [0.2, 0.25) is 0 Å². The summed E-state index contributed by atoms with van der Waals surface area (Å²) in [5.74, 6) is -0.0212. The molecular formula is C16H21N3O3S2. The van der Waals surface area contributed by atoms with E-state index < -0.39 is 10.0 Å². The van der Waals surface area contributed by atoms with Gasteiger partial charge in [0.05, 0.1) is 22.5 Å². The van der Waals surface area contributed by atoms with Gasteiger partial charge in [0.1, 0.15) is 5.01 Å². The minimum atomic E-state index is -3.15. The molecule has 2 heterocycles. The summed E-state index contributed by atoms with van der Waals surface area (Å²) in [6.07, 6.45) is 1.15. The highest BCUT2D eigenvalue weighted by atomic mass is 32.2. The third-order valence-corrected chi connectivity index (χ3v) is 7.25. The van der Waals surface area contributed by atoms with Crippen molar-refractivity contribution in [3.05, 3.63) is 29.3 Å². The molecule has 0 unspecified atom stereocenters. The van der Waals surface area contributed by atoms with Gasteiger partial charge < -0.3 is 5.32 Å². The van der Waals surface area contributed by atoms with Gasteiger partial charge in [0.25, 0.3) is 0 Å². The van der Waals surface area contributed by atoms with Crippen LogP contribution < -0.4 is 5.32 Å². The Morgan fingerprint density at radius 1 is 1.33 bits per heavy atom.